The lowest BCUT2D eigenvalue weighted by atomic mass is 9.89. The summed E-state index contributed by atoms with van der Waals surface area (Å²) in [5.41, 5.74) is 8.57. The highest BCUT2D eigenvalue weighted by Gasteiger charge is 2.19. The minimum Gasteiger partial charge on any atom is -0.366 e. The lowest BCUT2D eigenvalue weighted by molar-refractivity contribution is 0.100. The predicted molar refractivity (Wildman–Crippen MR) is 93.1 cm³/mol. The molecule has 23 heavy (non-hydrogen) atoms. The van der Waals surface area contributed by atoms with Gasteiger partial charge in [-0.15, -0.1) is 0 Å². The van der Waals surface area contributed by atoms with Crippen LogP contribution in [0, 0.1) is 5.92 Å². The molecule has 0 bridgehead atoms. The van der Waals surface area contributed by atoms with E-state index in [1.54, 1.807) is 0 Å². The van der Waals surface area contributed by atoms with Crippen molar-refractivity contribution >= 4 is 5.91 Å². The Labute approximate surface area is 138 Å². The van der Waals surface area contributed by atoms with E-state index in [0.717, 1.165) is 18.9 Å². The van der Waals surface area contributed by atoms with Crippen LogP contribution in [0.3, 0.4) is 0 Å². The van der Waals surface area contributed by atoms with Gasteiger partial charge in [0.1, 0.15) is 0 Å². The van der Waals surface area contributed by atoms with Gasteiger partial charge in [0.15, 0.2) is 0 Å². The maximum atomic E-state index is 11.1. The number of benzene rings is 2. The number of rotatable bonds is 5. The smallest absolute Gasteiger partial charge is 0.248 e. The Kier molecular flexibility index (Phi) is 5.09. The zero-order valence-electron chi connectivity index (χ0n) is 13.4. The Bertz CT molecular complexity index is 628. The van der Waals surface area contributed by atoms with Crippen LogP contribution in [-0.4, -0.2) is 23.9 Å². The van der Waals surface area contributed by atoms with Crippen LogP contribution < -0.4 is 5.73 Å². The fourth-order valence-corrected chi connectivity index (χ4v) is 3.33. The zero-order valence-corrected chi connectivity index (χ0v) is 13.4. The van der Waals surface area contributed by atoms with Crippen molar-refractivity contribution in [2.24, 2.45) is 11.7 Å². The third-order valence-electron chi connectivity index (χ3n) is 4.72. The number of nitrogens with zero attached hydrogens (tertiary/aromatic N) is 1. The third kappa shape index (κ3) is 4.42. The highest BCUT2D eigenvalue weighted by Crippen LogP contribution is 2.23. The molecule has 2 N–H and O–H groups in total. The molecule has 1 aliphatic heterocycles. The number of hydrogen-bond donors (Lipinski definition) is 1. The van der Waals surface area contributed by atoms with E-state index in [2.05, 4.69) is 35.2 Å². The Morgan fingerprint density at radius 3 is 2.22 bits per heavy atom. The molecule has 1 heterocycles. The van der Waals surface area contributed by atoms with Crippen molar-refractivity contribution in [2.45, 2.75) is 25.8 Å². The van der Waals surface area contributed by atoms with Gasteiger partial charge < -0.3 is 5.73 Å². The lowest BCUT2D eigenvalue weighted by Gasteiger charge is -2.32. The van der Waals surface area contributed by atoms with Crippen molar-refractivity contribution in [1.82, 2.24) is 4.90 Å². The van der Waals surface area contributed by atoms with Crippen LogP contribution in [0.5, 0.6) is 0 Å². The van der Waals surface area contributed by atoms with Crippen LogP contribution in [0.4, 0.5) is 0 Å². The van der Waals surface area contributed by atoms with Crippen molar-refractivity contribution < 1.29 is 4.79 Å². The molecule has 1 saturated heterocycles. The molecule has 1 aliphatic rings. The molecule has 2 aromatic carbocycles. The molecule has 3 rings (SSSR count). The zero-order chi connectivity index (χ0) is 16.1. The molecule has 1 amide bonds. The summed E-state index contributed by atoms with van der Waals surface area (Å²) in [6.07, 6.45) is 3.58. The largest absolute Gasteiger partial charge is 0.366 e. The standard InChI is InChI=1S/C20H24N2O/c21-20(23)19-8-6-16(7-9-19)14-17-10-12-22(13-11-17)15-18-4-2-1-3-5-18/h1-9,17H,10-15H2,(H2,21,23). The second-order valence-corrected chi connectivity index (χ2v) is 6.47. The first kappa shape index (κ1) is 15.8. The summed E-state index contributed by atoms with van der Waals surface area (Å²) in [7, 11) is 0. The normalized spacial score (nSPS) is 16.3. The number of carbonyl (C=O) groups excluding carboxylic acids is 1. The van der Waals surface area contributed by atoms with Crippen LogP contribution in [0.1, 0.15) is 34.3 Å². The van der Waals surface area contributed by atoms with Crippen LogP contribution in [-0.2, 0) is 13.0 Å². The van der Waals surface area contributed by atoms with E-state index in [4.69, 9.17) is 5.73 Å². The summed E-state index contributed by atoms with van der Waals surface area (Å²) in [5.74, 6) is 0.382. The SMILES string of the molecule is NC(=O)c1ccc(CC2CCN(Cc3ccccc3)CC2)cc1. The van der Waals surface area contributed by atoms with Gasteiger partial charge in [0, 0.05) is 12.1 Å². The molecule has 0 saturated carbocycles. The van der Waals surface area contributed by atoms with Crippen molar-refractivity contribution in [3.05, 3.63) is 71.3 Å². The fourth-order valence-electron chi connectivity index (χ4n) is 3.33. The number of primary amides is 1. The third-order valence-corrected chi connectivity index (χ3v) is 4.72. The Hall–Kier alpha value is -2.13. The van der Waals surface area contributed by atoms with Gasteiger partial charge >= 0.3 is 0 Å². The highest BCUT2D eigenvalue weighted by atomic mass is 16.1. The van der Waals surface area contributed by atoms with Gasteiger partial charge in [-0.2, -0.15) is 0 Å². The first-order valence-corrected chi connectivity index (χ1v) is 8.36. The number of likely N-dealkylation sites (tertiary alicyclic amines) is 1. The Morgan fingerprint density at radius 1 is 0.957 bits per heavy atom. The molecule has 0 aliphatic carbocycles. The minimum atomic E-state index is -0.356. The summed E-state index contributed by atoms with van der Waals surface area (Å²) in [5, 5.41) is 0. The molecule has 1 fully saturated rings. The van der Waals surface area contributed by atoms with Gasteiger partial charge in [0.2, 0.25) is 5.91 Å². The number of carbonyl (C=O) groups is 1. The first-order chi connectivity index (χ1) is 11.2. The van der Waals surface area contributed by atoms with E-state index in [1.165, 1.54) is 37.1 Å². The first-order valence-electron chi connectivity index (χ1n) is 8.36. The molecule has 0 aromatic heterocycles. The fraction of sp³-hybridized carbons (Fsp3) is 0.350. The molecule has 120 valence electrons. The topological polar surface area (TPSA) is 46.3 Å². The molecule has 2 aromatic rings. The molecule has 0 unspecified atom stereocenters. The van der Waals surface area contributed by atoms with Gasteiger partial charge in [0.25, 0.3) is 0 Å². The monoisotopic (exact) mass is 308 g/mol. The number of hydrogen-bond acceptors (Lipinski definition) is 2. The minimum absolute atomic E-state index is 0.356. The van der Waals surface area contributed by atoms with Crippen molar-refractivity contribution in [3.8, 4) is 0 Å². The summed E-state index contributed by atoms with van der Waals surface area (Å²) in [6.45, 7) is 3.39. The maximum Gasteiger partial charge on any atom is 0.248 e. The van der Waals surface area contributed by atoms with Crippen LogP contribution in [0.25, 0.3) is 0 Å². The van der Waals surface area contributed by atoms with Crippen LogP contribution in [0.15, 0.2) is 54.6 Å². The average molecular weight is 308 g/mol. The van der Waals surface area contributed by atoms with Crippen molar-refractivity contribution in [1.29, 1.82) is 0 Å². The molecular formula is C20H24N2O. The summed E-state index contributed by atoms with van der Waals surface area (Å²) in [6, 6.07) is 18.4. The summed E-state index contributed by atoms with van der Waals surface area (Å²) < 4.78 is 0. The molecule has 3 nitrogen and oxygen atoms in total. The number of amides is 1. The van der Waals surface area contributed by atoms with Crippen LogP contribution in [0.2, 0.25) is 0 Å². The van der Waals surface area contributed by atoms with Crippen molar-refractivity contribution in [2.75, 3.05) is 13.1 Å². The lowest BCUT2D eigenvalue weighted by Crippen LogP contribution is -2.33. The molecule has 3 heteroatoms. The van der Waals surface area contributed by atoms with E-state index < -0.39 is 0 Å². The Morgan fingerprint density at radius 2 is 1.61 bits per heavy atom. The van der Waals surface area contributed by atoms with E-state index in [0.29, 0.717) is 5.56 Å². The summed E-state index contributed by atoms with van der Waals surface area (Å²) in [4.78, 5) is 13.6. The van der Waals surface area contributed by atoms with Gasteiger partial charge in [-0.25, -0.2) is 0 Å². The van der Waals surface area contributed by atoms with E-state index in [9.17, 15) is 4.79 Å². The highest BCUT2D eigenvalue weighted by molar-refractivity contribution is 5.92. The van der Waals surface area contributed by atoms with Gasteiger partial charge in [-0.3, -0.25) is 9.69 Å². The maximum absolute atomic E-state index is 11.1. The second kappa shape index (κ2) is 7.42. The van der Waals surface area contributed by atoms with Crippen LogP contribution >= 0.6 is 0 Å². The molecular weight excluding hydrogens is 284 g/mol. The van der Waals surface area contributed by atoms with E-state index >= 15 is 0 Å². The van der Waals surface area contributed by atoms with E-state index in [1.807, 2.05) is 24.3 Å². The quantitative estimate of drug-likeness (QED) is 0.921. The van der Waals surface area contributed by atoms with Gasteiger partial charge in [-0.05, 0) is 61.5 Å². The molecule has 0 spiro atoms. The predicted octanol–water partition coefficient (Wildman–Crippen LogP) is 3.24. The molecule has 0 atom stereocenters. The number of nitrogens with two attached hydrogens (primary N) is 1. The average Bonchev–Trinajstić information content (AvgIpc) is 2.58. The summed E-state index contributed by atoms with van der Waals surface area (Å²) >= 11 is 0. The Balaban J connectivity index is 1.48. The number of piperidine rings is 1. The van der Waals surface area contributed by atoms with Gasteiger partial charge in [0.05, 0.1) is 0 Å². The van der Waals surface area contributed by atoms with Gasteiger partial charge in [-0.1, -0.05) is 42.5 Å². The molecule has 0 radical (unpaired) electrons. The van der Waals surface area contributed by atoms with E-state index in [-0.39, 0.29) is 5.91 Å². The van der Waals surface area contributed by atoms with Crippen molar-refractivity contribution in [3.63, 3.8) is 0 Å². The second-order valence-electron chi connectivity index (χ2n) is 6.47.